The number of rotatable bonds is 6. The first-order valence-corrected chi connectivity index (χ1v) is 8.90. The van der Waals surface area contributed by atoms with Crippen LogP contribution < -0.4 is 4.72 Å². The monoisotopic (exact) mass is 348 g/mol. The zero-order chi connectivity index (χ0) is 18.0. The molecule has 0 fully saturated rings. The molecular formula is C17H20N2O4S. The van der Waals surface area contributed by atoms with Gasteiger partial charge in [-0.1, -0.05) is 47.5 Å². The topological polar surface area (TPSA) is 89.3 Å². The van der Waals surface area contributed by atoms with E-state index >= 15 is 0 Å². The molecule has 24 heavy (non-hydrogen) atoms. The van der Waals surface area contributed by atoms with Crippen molar-refractivity contribution in [1.82, 2.24) is 4.72 Å². The summed E-state index contributed by atoms with van der Waals surface area (Å²) in [6.45, 7) is 4.71. The predicted octanol–water partition coefficient (Wildman–Crippen LogP) is 2.77. The molecule has 0 aliphatic heterocycles. The van der Waals surface area contributed by atoms with Crippen LogP contribution in [0, 0.1) is 24.0 Å². The molecule has 2 aromatic carbocycles. The van der Waals surface area contributed by atoms with Gasteiger partial charge in [-0.05, 0) is 38.5 Å². The molecule has 0 saturated heterocycles. The molecule has 0 spiro atoms. The van der Waals surface area contributed by atoms with Gasteiger partial charge in [0.05, 0.1) is 4.90 Å². The third-order valence-electron chi connectivity index (χ3n) is 3.82. The maximum absolute atomic E-state index is 12.6. The van der Waals surface area contributed by atoms with Crippen LogP contribution in [0.25, 0.3) is 0 Å². The summed E-state index contributed by atoms with van der Waals surface area (Å²) in [6, 6.07) is 13.4. The molecule has 0 unspecified atom stereocenters. The highest BCUT2D eigenvalue weighted by Gasteiger charge is 2.37. The number of benzene rings is 2. The highest BCUT2D eigenvalue weighted by molar-refractivity contribution is 7.89. The van der Waals surface area contributed by atoms with Crippen molar-refractivity contribution < 1.29 is 13.3 Å². The second-order valence-corrected chi connectivity index (χ2v) is 7.79. The largest absolute Gasteiger partial charge is 0.264 e. The number of nitro groups is 1. The first-order chi connectivity index (χ1) is 11.1. The van der Waals surface area contributed by atoms with Gasteiger partial charge in [-0.15, -0.1) is 0 Å². The average molecular weight is 348 g/mol. The van der Waals surface area contributed by atoms with E-state index in [1.165, 1.54) is 19.1 Å². The first kappa shape index (κ1) is 18.1. The quantitative estimate of drug-likeness (QED) is 0.642. The third-order valence-corrected chi connectivity index (χ3v) is 5.44. The summed E-state index contributed by atoms with van der Waals surface area (Å²) in [5, 5.41) is 11.1. The van der Waals surface area contributed by atoms with Crippen LogP contribution in [0.2, 0.25) is 0 Å². The minimum atomic E-state index is -3.89. The van der Waals surface area contributed by atoms with Gasteiger partial charge in [0.25, 0.3) is 0 Å². The number of nitrogens with zero attached hydrogens (tertiary/aromatic N) is 1. The van der Waals surface area contributed by atoms with Crippen molar-refractivity contribution in [2.45, 2.75) is 31.2 Å². The van der Waals surface area contributed by atoms with Crippen molar-refractivity contribution in [3.05, 3.63) is 75.3 Å². The van der Waals surface area contributed by atoms with E-state index in [2.05, 4.69) is 4.72 Å². The van der Waals surface area contributed by atoms with E-state index < -0.39 is 27.0 Å². The predicted molar refractivity (Wildman–Crippen MR) is 91.9 cm³/mol. The smallest absolute Gasteiger partial charge is 0.241 e. The molecule has 0 aliphatic carbocycles. The second kappa shape index (κ2) is 6.70. The third kappa shape index (κ3) is 4.18. The van der Waals surface area contributed by atoms with E-state index in [1.54, 1.807) is 36.4 Å². The van der Waals surface area contributed by atoms with Crippen LogP contribution in [0.5, 0.6) is 0 Å². The highest BCUT2D eigenvalue weighted by Crippen LogP contribution is 2.25. The van der Waals surface area contributed by atoms with Gasteiger partial charge in [-0.2, -0.15) is 4.72 Å². The summed E-state index contributed by atoms with van der Waals surface area (Å²) in [5.74, 6) is 0. The van der Waals surface area contributed by atoms with E-state index in [0.717, 1.165) is 11.1 Å². The molecule has 6 nitrogen and oxygen atoms in total. The van der Waals surface area contributed by atoms with Crippen molar-refractivity contribution >= 4 is 10.0 Å². The lowest BCUT2D eigenvalue weighted by Crippen LogP contribution is -2.48. The Hall–Kier alpha value is -2.25. The molecular weight excluding hydrogens is 328 g/mol. The molecule has 2 aromatic rings. The Labute approximate surface area is 141 Å². The molecule has 0 heterocycles. The zero-order valence-corrected chi connectivity index (χ0v) is 14.6. The Bertz CT molecular complexity index is 830. The number of hydrogen-bond donors (Lipinski definition) is 1. The van der Waals surface area contributed by atoms with E-state index in [-0.39, 0.29) is 4.90 Å². The standard InChI is InChI=1S/C17H20N2O4S/c1-13-4-8-15(9-5-13)17(3,12-19(20)21)18-24(22,23)16-10-6-14(2)7-11-16/h4-11,18H,12H2,1-3H3/t17-/m1/s1. The molecule has 0 radical (unpaired) electrons. The molecule has 0 amide bonds. The molecule has 7 heteroatoms. The lowest BCUT2D eigenvalue weighted by Gasteiger charge is -2.27. The number of aryl methyl sites for hydroxylation is 2. The van der Waals surface area contributed by atoms with Crippen LogP contribution in [0.1, 0.15) is 23.6 Å². The van der Waals surface area contributed by atoms with Crippen LogP contribution in [-0.2, 0) is 15.6 Å². The Balaban J connectivity index is 2.43. The van der Waals surface area contributed by atoms with Gasteiger partial charge in [-0.3, -0.25) is 10.1 Å². The fraction of sp³-hybridized carbons (Fsp3) is 0.294. The zero-order valence-electron chi connectivity index (χ0n) is 13.8. The molecule has 0 bridgehead atoms. The van der Waals surface area contributed by atoms with Crippen LogP contribution in [-0.4, -0.2) is 19.9 Å². The second-order valence-electron chi connectivity index (χ2n) is 6.11. The Kier molecular flexibility index (Phi) is 5.05. The molecule has 1 N–H and O–H groups in total. The maximum Gasteiger partial charge on any atom is 0.241 e. The summed E-state index contributed by atoms with van der Waals surface area (Å²) in [6.07, 6.45) is 0. The van der Waals surface area contributed by atoms with Crippen LogP contribution in [0.15, 0.2) is 53.4 Å². The number of sulfonamides is 1. The Morgan fingerprint density at radius 3 is 1.92 bits per heavy atom. The summed E-state index contributed by atoms with van der Waals surface area (Å²) in [5.41, 5.74) is 1.12. The van der Waals surface area contributed by atoms with Gasteiger partial charge >= 0.3 is 0 Å². The first-order valence-electron chi connectivity index (χ1n) is 7.42. The minimum Gasteiger partial charge on any atom is -0.264 e. The Morgan fingerprint density at radius 2 is 1.46 bits per heavy atom. The molecule has 0 aromatic heterocycles. The lowest BCUT2D eigenvalue weighted by molar-refractivity contribution is -0.490. The highest BCUT2D eigenvalue weighted by atomic mass is 32.2. The molecule has 2 rings (SSSR count). The van der Waals surface area contributed by atoms with Crippen molar-refractivity contribution in [3.63, 3.8) is 0 Å². The minimum absolute atomic E-state index is 0.0785. The van der Waals surface area contributed by atoms with Gasteiger partial charge in [0.1, 0.15) is 5.54 Å². The molecule has 0 saturated carbocycles. The van der Waals surface area contributed by atoms with E-state index in [1.807, 2.05) is 13.8 Å². The van der Waals surface area contributed by atoms with Gasteiger partial charge in [-0.25, -0.2) is 8.42 Å². The fourth-order valence-corrected chi connectivity index (χ4v) is 3.82. The number of nitrogens with one attached hydrogen (secondary N) is 1. The van der Waals surface area contributed by atoms with Crippen molar-refractivity contribution in [2.24, 2.45) is 0 Å². The van der Waals surface area contributed by atoms with Crippen LogP contribution >= 0.6 is 0 Å². The van der Waals surface area contributed by atoms with Crippen LogP contribution in [0.3, 0.4) is 0 Å². The van der Waals surface area contributed by atoms with Crippen molar-refractivity contribution in [3.8, 4) is 0 Å². The summed E-state index contributed by atoms with van der Waals surface area (Å²) in [7, 11) is -3.89. The van der Waals surface area contributed by atoms with E-state index in [4.69, 9.17) is 0 Å². The molecule has 0 aliphatic rings. The summed E-state index contributed by atoms with van der Waals surface area (Å²) >= 11 is 0. The molecule has 128 valence electrons. The summed E-state index contributed by atoms with van der Waals surface area (Å²) < 4.78 is 27.8. The average Bonchev–Trinajstić information content (AvgIpc) is 2.46. The molecule has 1 atom stereocenters. The van der Waals surface area contributed by atoms with Gasteiger partial charge in [0.15, 0.2) is 0 Å². The number of hydrogen-bond acceptors (Lipinski definition) is 4. The van der Waals surface area contributed by atoms with Gasteiger partial charge < -0.3 is 0 Å². The Morgan fingerprint density at radius 1 is 1.00 bits per heavy atom. The van der Waals surface area contributed by atoms with Gasteiger partial charge in [0, 0.05) is 4.92 Å². The normalized spacial score (nSPS) is 14.1. The fourth-order valence-electron chi connectivity index (χ4n) is 2.44. The van der Waals surface area contributed by atoms with E-state index in [9.17, 15) is 18.5 Å². The van der Waals surface area contributed by atoms with Crippen LogP contribution in [0.4, 0.5) is 0 Å². The van der Waals surface area contributed by atoms with E-state index in [0.29, 0.717) is 5.56 Å². The van der Waals surface area contributed by atoms with Gasteiger partial charge in [0.2, 0.25) is 16.6 Å². The lowest BCUT2D eigenvalue weighted by atomic mass is 9.93. The SMILES string of the molecule is Cc1ccc([C@@](C)(C[N+](=O)[O-])NS(=O)(=O)c2ccc(C)cc2)cc1. The van der Waals surface area contributed by atoms with Crippen molar-refractivity contribution in [1.29, 1.82) is 0 Å². The summed E-state index contributed by atoms with van der Waals surface area (Å²) in [4.78, 5) is 10.7. The maximum atomic E-state index is 12.6. The van der Waals surface area contributed by atoms with Crippen molar-refractivity contribution in [2.75, 3.05) is 6.54 Å².